The van der Waals surface area contributed by atoms with Crippen molar-refractivity contribution in [2.24, 2.45) is 0 Å². The van der Waals surface area contributed by atoms with Gasteiger partial charge in [-0.25, -0.2) is 0 Å². The lowest BCUT2D eigenvalue weighted by Crippen LogP contribution is -2.02. The molecule has 0 amide bonds. The van der Waals surface area contributed by atoms with E-state index in [1.807, 2.05) is 24.3 Å². The molecule has 0 atom stereocenters. The lowest BCUT2D eigenvalue weighted by Gasteiger charge is -2.15. The van der Waals surface area contributed by atoms with E-state index in [-0.39, 0.29) is 0 Å². The van der Waals surface area contributed by atoms with Crippen molar-refractivity contribution in [3.8, 4) is 5.75 Å². The minimum absolute atomic E-state index is 0.469. The van der Waals surface area contributed by atoms with Crippen molar-refractivity contribution in [1.29, 1.82) is 0 Å². The first-order valence-corrected chi connectivity index (χ1v) is 7.43. The predicted octanol–water partition coefficient (Wildman–Crippen LogP) is 5.67. The van der Waals surface area contributed by atoms with Crippen molar-refractivity contribution >= 4 is 23.2 Å². The van der Waals surface area contributed by atoms with Crippen LogP contribution in [0.1, 0.15) is 32.7 Å². The number of ether oxygens (including phenoxy) is 1. The number of aryl methyl sites for hydroxylation is 3. The smallest absolute Gasteiger partial charge is 0.133 e. The van der Waals surface area contributed by atoms with Crippen molar-refractivity contribution < 1.29 is 4.74 Å². The molecule has 0 saturated heterocycles. The molecule has 0 saturated carbocycles. The first kappa shape index (κ1) is 15.2. The van der Waals surface area contributed by atoms with Crippen LogP contribution in [0.4, 0.5) is 0 Å². The Labute approximate surface area is 130 Å². The molecule has 0 aromatic heterocycles. The van der Waals surface area contributed by atoms with Crippen LogP contribution in [-0.2, 0) is 6.61 Å². The molecule has 20 heavy (non-hydrogen) atoms. The van der Waals surface area contributed by atoms with Gasteiger partial charge < -0.3 is 4.74 Å². The Morgan fingerprint density at radius 1 is 1.00 bits per heavy atom. The van der Waals surface area contributed by atoms with Gasteiger partial charge in [0.1, 0.15) is 17.2 Å². The highest BCUT2D eigenvalue weighted by Crippen LogP contribution is 2.30. The lowest BCUT2D eigenvalue weighted by atomic mass is 10.1. The summed E-state index contributed by atoms with van der Waals surface area (Å²) < 4.78 is 5.98. The molecule has 0 aliphatic rings. The molecular weight excluding hydrogens is 291 g/mol. The average Bonchev–Trinajstić information content (AvgIpc) is 2.37. The molecule has 0 bridgehead atoms. The number of benzene rings is 2. The summed E-state index contributed by atoms with van der Waals surface area (Å²) in [4.78, 5) is -0.532. The highest BCUT2D eigenvalue weighted by molar-refractivity contribution is 6.44. The molecule has 0 aliphatic heterocycles. The molecule has 0 heterocycles. The van der Waals surface area contributed by atoms with Gasteiger partial charge in [-0.15, -0.1) is 23.2 Å². The molecule has 2 aromatic carbocycles. The van der Waals surface area contributed by atoms with Gasteiger partial charge in [0.2, 0.25) is 0 Å². The number of rotatable bonds is 4. The van der Waals surface area contributed by atoms with Gasteiger partial charge in [-0.1, -0.05) is 42.0 Å². The maximum Gasteiger partial charge on any atom is 0.133 e. The molecule has 0 aliphatic carbocycles. The minimum atomic E-state index is -0.532. The van der Waals surface area contributed by atoms with Crippen LogP contribution in [0.15, 0.2) is 36.4 Å². The van der Waals surface area contributed by atoms with Crippen LogP contribution in [0.3, 0.4) is 0 Å². The van der Waals surface area contributed by atoms with Gasteiger partial charge >= 0.3 is 0 Å². The van der Waals surface area contributed by atoms with E-state index in [1.54, 1.807) is 0 Å². The molecular formula is C17H18Cl2O. The highest BCUT2D eigenvalue weighted by atomic mass is 35.5. The van der Waals surface area contributed by atoms with Gasteiger partial charge in [0, 0.05) is 0 Å². The number of hydrogen-bond acceptors (Lipinski definition) is 1. The van der Waals surface area contributed by atoms with Crippen LogP contribution in [0.25, 0.3) is 0 Å². The number of alkyl halides is 2. The molecule has 3 heteroatoms. The molecule has 0 fully saturated rings. The van der Waals surface area contributed by atoms with Gasteiger partial charge in [-0.05, 0) is 43.0 Å². The quantitative estimate of drug-likeness (QED) is 0.661. The Kier molecular flexibility index (Phi) is 4.95. The fraction of sp³-hybridized carbons (Fsp3) is 0.294. The molecule has 0 N–H and O–H groups in total. The predicted molar refractivity (Wildman–Crippen MR) is 85.9 cm³/mol. The number of hydrogen-bond donors (Lipinski definition) is 0. The fourth-order valence-corrected chi connectivity index (χ4v) is 2.85. The average molecular weight is 309 g/mol. The third-order valence-corrected chi connectivity index (χ3v) is 3.74. The van der Waals surface area contributed by atoms with Crippen molar-refractivity contribution in [2.45, 2.75) is 32.2 Å². The summed E-state index contributed by atoms with van der Waals surface area (Å²) in [5, 5.41) is 0. The zero-order valence-electron chi connectivity index (χ0n) is 11.9. The lowest BCUT2D eigenvalue weighted by molar-refractivity contribution is 0.301. The largest absolute Gasteiger partial charge is 0.488 e. The Balaban J connectivity index is 2.22. The van der Waals surface area contributed by atoms with E-state index < -0.39 is 4.84 Å². The van der Waals surface area contributed by atoms with E-state index in [0.717, 1.165) is 28.0 Å². The van der Waals surface area contributed by atoms with Gasteiger partial charge in [-0.2, -0.15) is 0 Å². The van der Waals surface area contributed by atoms with Gasteiger partial charge in [0.15, 0.2) is 0 Å². The molecule has 106 valence electrons. The van der Waals surface area contributed by atoms with Crippen LogP contribution in [0.2, 0.25) is 0 Å². The van der Waals surface area contributed by atoms with E-state index >= 15 is 0 Å². The third kappa shape index (κ3) is 3.47. The first-order chi connectivity index (χ1) is 9.49. The van der Waals surface area contributed by atoms with Gasteiger partial charge in [0.25, 0.3) is 0 Å². The zero-order chi connectivity index (χ0) is 14.7. The van der Waals surface area contributed by atoms with Crippen LogP contribution in [-0.4, -0.2) is 0 Å². The summed E-state index contributed by atoms with van der Waals surface area (Å²) in [5.74, 6) is 0.936. The maximum absolute atomic E-state index is 5.98. The molecule has 1 nitrogen and oxygen atoms in total. The molecule has 0 radical (unpaired) electrons. The Hall–Kier alpha value is -1.18. The normalized spacial score (nSPS) is 10.9. The molecule has 2 aromatic rings. The molecule has 0 spiro atoms. The van der Waals surface area contributed by atoms with Crippen molar-refractivity contribution in [3.63, 3.8) is 0 Å². The Morgan fingerprint density at radius 3 is 2.20 bits per heavy atom. The second-order valence-corrected chi connectivity index (χ2v) is 6.11. The van der Waals surface area contributed by atoms with Crippen molar-refractivity contribution in [3.05, 3.63) is 64.2 Å². The second-order valence-electron chi connectivity index (χ2n) is 5.02. The second kappa shape index (κ2) is 6.51. The summed E-state index contributed by atoms with van der Waals surface area (Å²) in [6.07, 6.45) is 0. The van der Waals surface area contributed by atoms with E-state index in [9.17, 15) is 0 Å². The number of halogens is 2. The van der Waals surface area contributed by atoms with Crippen LogP contribution in [0.5, 0.6) is 5.75 Å². The van der Waals surface area contributed by atoms with E-state index in [4.69, 9.17) is 27.9 Å². The fourth-order valence-electron chi connectivity index (χ4n) is 2.42. The third-order valence-electron chi connectivity index (χ3n) is 3.27. The summed E-state index contributed by atoms with van der Waals surface area (Å²) in [5.41, 5.74) is 5.45. The Morgan fingerprint density at radius 2 is 1.60 bits per heavy atom. The van der Waals surface area contributed by atoms with Crippen LogP contribution < -0.4 is 4.74 Å². The van der Waals surface area contributed by atoms with Gasteiger partial charge in [0.05, 0.1) is 0 Å². The topological polar surface area (TPSA) is 9.23 Å². The summed E-state index contributed by atoms with van der Waals surface area (Å²) in [6, 6.07) is 12.1. The van der Waals surface area contributed by atoms with Gasteiger partial charge in [-0.3, -0.25) is 0 Å². The first-order valence-electron chi connectivity index (χ1n) is 6.55. The minimum Gasteiger partial charge on any atom is -0.488 e. The van der Waals surface area contributed by atoms with Crippen LogP contribution >= 0.6 is 23.2 Å². The summed E-state index contributed by atoms with van der Waals surface area (Å²) >= 11 is 12.0. The molecule has 2 rings (SSSR count). The van der Waals surface area contributed by atoms with Crippen LogP contribution in [0, 0.1) is 20.8 Å². The summed E-state index contributed by atoms with van der Waals surface area (Å²) in [7, 11) is 0. The standard InChI is InChI=1S/C17H18Cl2O/c1-11-8-12(2)16(13(3)9-11)20-10-14-6-4-5-7-15(14)17(18)19/h4-9,17H,10H2,1-3H3. The summed E-state index contributed by atoms with van der Waals surface area (Å²) in [6.45, 7) is 6.68. The Bertz CT molecular complexity index is 583. The monoisotopic (exact) mass is 308 g/mol. The SMILES string of the molecule is Cc1cc(C)c(OCc2ccccc2C(Cl)Cl)c(C)c1. The maximum atomic E-state index is 5.98. The van der Waals surface area contributed by atoms with E-state index in [1.165, 1.54) is 5.56 Å². The van der Waals surface area contributed by atoms with E-state index in [0.29, 0.717) is 6.61 Å². The highest BCUT2D eigenvalue weighted by Gasteiger charge is 2.11. The van der Waals surface area contributed by atoms with Crippen molar-refractivity contribution in [1.82, 2.24) is 0 Å². The molecule has 0 unspecified atom stereocenters. The zero-order valence-corrected chi connectivity index (χ0v) is 13.4. The van der Waals surface area contributed by atoms with E-state index in [2.05, 4.69) is 32.9 Å². The van der Waals surface area contributed by atoms with Crippen molar-refractivity contribution in [2.75, 3.05) is 0 Å².